The first-order valence-electron chi connectivity index (χ1n) is 4.76. The van der Waals surface area contributed by atoms with Crippen LogP contribution >= 0.6 is 0 Å². The molecule has 0 amide bonds. The third kappa shape index (κ3) is 6.69. The van der Waals surface area contributed by atoms with E-state index in [0.29, 0.717) is 5.32 Å². The van der Waals surface area contributed by atoms with Crippen molar-refractivity contribution >= 4 is 27.1 Å². The molecule has 0 fully saturated rings. The van der Waals surface area contributed by atoms with E-state index in [9.17, 15) is 9.59 Å². The van der Waals surface area contributed by atoms with Crippen LogP contribution in [-0.2, 0) is 19.0 Å². The third-order valence-electron chi connectivity index (χ3n) is 1.41. The summed E-state index contributed by atoms with van der Waals surface area (Å²) in [6.07, 6.45) is -1.70. The number of methoxy groups -OCH3 is 1. The molecule has 0 aromatic carbocycles. The van der Waals surface area contributed by atoms with Gasteiger partial charge in [0.2, 0.25) is 0 Å². The fourth-order valence-corrected chi connectivity index (χ4v) is 1.89. The Morgan fingerprint density at radius 3 is 2.25 bits per heavy atom. The molecule has 5 nitrogen and oxygen atoms in total. The summed E-state index contributed by atoms with van der Waals surface area (Å²) in [6.45, 7) is 5.18. The molecule has 6 heteroatoms. The average Bonchev–Trinajstić information content (AvgIpc) is 2.13. The second-order valence-electron chi connectivity index (χ2n) is 4.05. The summed E-state index contributed by atoms with van der Waals surface area (Å²) in [5.41, 5.74) is -0.630. The molecule has 0 N–H and O–H groups in total. The van der Waals surface area contributed by atoms with E-state index < -0.39 is 23.8 Å². The molecule has 0 spiro atoms. The first-order chi connectivity index (χ1) is 7.30. The molecule has 0 aliphatic rings. The van der Waals surface area contributed by atoms with Crippen LogP contribution in [0.15, 0.2) is 0 Å². The number of carbonyl (C=O) groups excluding carboxylic acids is 2. The Balaban J connectivity index is 4.29. The molecule has 0 bridgehead atoms. The number of hydrogen-bond donors (Lipinski definition) is 0. The van der Waals surface area contributed by atoms with Gasteiger partial charge < -0.3 is 0 Å². The minimum absolute atomic E-state index is 0.209. The molecule has 0 heterocycles. The fraction of sp³-hybridized carbons (Fsp3) is 0.800. The van der Waals surface area contributed by atoms with Crippen molar-refractivity contribution in [2.24, 2.45) is 0 Å². The van der Waals surface area contributed by atoms with Crippen LogP contribution in [0.25, 0.3) is 0 Å². The van der Waals surface area contributed by atoms with E-state index in [0.717, 1.165) is 0 Å². The minimum atomic E-state index is -0.857. The van der Waals surface area contributed by atoms with E-state index in [1.807, 2.05) is 5.82 Å². The van der Waals surface area contributed by atoms with Crippen LogP contribution < -0.4 is 0 Å². The van der Waals surface area contributed by atoms with E-state index in [2.05, 4.69) is 4.74 Å². The van der Waals surface area contributed by atoms with E-state index in [1.165, 1.54) is 7.11 Å². The van der Waals surface area contributed by atoms with Crippen LogP contribution in [0, 0.1) is 0 Å². The Labute approximate surface area is 102 Å². The van der Waals surface area contributed by atoms with Crippen LogP contribution in [0.5, 0.6) is 0 Å². The van der Waals surface area contributed by atoms with Crippen molar-refractivity contribution in [3.63, 3.8) is 0 Å². The molecule has 0 saturated carbocycles. The molecule has 0 radical (unpaired) electrons. The third-order valence-corrected chi connectivity index (χ3v) is 2.74. The van der Waals surface area contributed by atoms with Crippen LogP contribution in [-0.4, -0.2) is 45.9 Å². The zero-order valence-electron chi connectivity index (χ0n) is 10.2. The van der Waals surface area contributed by atoms with Gasteiger partial charge in [0.1, 0.15) is 0 Å². The molecule has 0 aromatic rings. The van der Waals surface area contributed by atoms with Crippen molar-refractivity contribution in [2.45, 2.75) is 43.6 Å². The average molecular weight is 297 g/mol. The molecule has 0 aromatic heterocycles. The normalized spacial score (nSPS) is 12.8. The summed E-state index contributed by atoms with van der Waals surface area (Å²) in [5.74, 6) is 1.40. The zero-order valence-corrected chi connectivity index (χ0v) is 11.9. The zero-order chi connectivity index (χ0) is 12.8. The van der Waals surface area contributed by atoms with Crippen molar-refractivity contribution in [2.75, 3.05) is 7.11 Å². The molecule has 94 valence electrons. The van der Waals surface area contributed by atoms with Crippen molar-refractivity contribution in [1.29, 1.82) is 0 Å². The van der Waals surface area contributed by atoms with Gasteiger partial charge in [0, 0.05) is 0 Å². The van der Waals surface area contributed by atoms with Crippen molar-refractivity contribution in [3.05, 3.63) is 0 Å². The number of carbonyl (C=O) groups is 2. The van der Waals surface area contributed by atoms with Gasteiger partial charge in [0.25, 0.3) is 0 Å². The van der Waals surface area contributed by atoms with E-state index in [1.54, 1.807) is 20.8 Å². The van der Waals surface area contributed by atoms with Gasteiger partial charge in [-0.25, -0.2) is 0 Å². The van der Waals surface area contributed by atoms with E-state index in [-0.39, 0.29) is 15.0 Å². The van der Waals surface area contributed by atoms with Gasteiger partial charge in [0.15, 0.2) is 0 Å². The molecule has 0 aliphatic heterocycles. The van der Waals surface area contributed by atoms with Gasteiger partial charge in [-0.1, -0.05) is 0 Å². The predicted molar refractivity (Wildman–Crippen MR) is 59.5 cm³/mol. The Hall–Kier alpha value is -0.741. The Bertz CT molecular complexity index is 246. The number of esters is 1. The summed E-state index contributed by atoms with van der Waals surface area (Å²) in [4.78, 5) is 22.6. The van der Waals surface area contributed by atoms with Crippen molar-refractivity contribution < 1.29 is 23.8 Å². The van der Waals surface area contributed by atoms with Gasteiger partial charge in [-0.05, 0) is 0 Å². The molecule has 1 unspecified atom stereocenters. The summed E-state index contributed by atoms with van der Waals surface area (Å²) in [6, 6.07) is 0. The predicted octanol–water partition coefficient (Wildman–Crippen LogP) is 1.65. The molecule has 0 saturated heterocycles. The van der Waals surface area contributed by atoms with E-state index >= 15 is 0 Å². The van der Waals surface area contributed by atoms with Gasteiger partial charge in [0.05, 0.1) is 0 Å². The quantitative estimate of drug-likeness (QED) is 0.583. The molecular weight excluding hydrogens is 279 g/mol. The second-order valence-corrected chi connectivity index (χ2v) is 5.96. The van der Waals surface area contributed by atoms with Crippen LogP contribution in [0.2, 0.25) is 11.1 Å². The SMILES string of the molecule is COC(=O)C(C[Se]C)OC(=O)OC(C)(C)C. The molecule has 0 rings (SSSR count). The topological polar surface area (TPSA) is 61.8 Å². The summed E-state index contributed by atoms with van der Waals surface area (Å²) < 4.78 is 14.4. The van der Waals surface area contributed by atoms with Crippen LogP contribution in [0.4, 0.5) is 4.79 Å². The van der Waals surface area contributed by atoms with Crippen molar-refractivity contribution in [3.8, 4) is 0 Å². The standard InChI is InChI=1S/C10H18O5Se/c1-10(2,3)15-9(12)14-7(6-16-5)8(11)13-4/h7H,6H2,1-5H3. The number of ether oxygens (including phenoxy) is 3. The first-order valence-corrected chi connectivity index (χ1v) is 7.69. The monoisotopic (exact) mass is 298 g/mol. The Morgan fingerprint density at radius 1 is 1.31 bits per heavy atom. The second kappa shape index (κ2) is 6.76. The van der Waals surface area contributed by atoms with Gasteiger partial charge in [-0.2, -0.15) is 0 Å². The molecular formula is C10H18O5Se. The molecule has 0 aliphatic carbocycles. The van der Waals surface area contributed by atoms with Gasteiger partial charge in [-0.3, -0.25) is 0 Å². The maximum absolute atomic E-state index is 11.3. The summed E-state index contributed by atoms with van der Waals surface area (Å²) in [5, 5.41) is 0.485. The Morgan fingerprint density at radius 2 is 1.88 bits per heavy atom. The number of rotatable bonds is 4. The van der Waals surface area contributed by atoms with Crippen LogP contribution in [0.1, 0.15) is 20.8 Å². The van der Waals surface area contributed by atoms with Crippen molar-refractivity contribution in [1.82, 2.24) is 0 Å². The van der Waals surface area contributed by atoms with Gasteiger partial charge >= 0.3 is 102 Å². The first kappa shape index (κ1) is 15.3. The Kier molecular flexibility index (Phi) is 6.45. The fourth-order valence-electron chi connectivity index (χ4n) is 0.823. The molecule has 1 atom stereocenters. The summed E-state index contributed by atoms with van der Waals surface area (Å²) >= 11 is 0.209. The van der Waals surface area contributed by atoms with Crippen LogP contribution in [0.3, 0.4) is 0 Å². The number of hydrogen-bond acceptors (Lipinski definition) is 5. The molecule has 16 heavy (non-hydrogen) atoms. The summed E-state index contributed by atoms with van der Waals surface area (Å²) in [7, 11) is 1.26. The maximum atomic E-state index is 11.3. The van der Waals surface area contributed by atoms with Gasteiger partial charge in [-0.15, -0.1) is 0 Å². The van der Waals surface area contributed by atoms with E-state index in [4.69, 9.17) is 9.47 Å².